The first-order valence-corrected chi connectivity index (χ1v) is 12.2. The number of nitrogens with one attached hydrogen (secondary N) is 1. The van der Waals surface area contributed by atoms with Crippen LogP contribution in [-0.2, 0) is 25.0 Å². The minimum atomic E-state index is 0.133. The number of amides is 1. The van der Waals surface area contributed by atoms with Crippen molar-refractivity contribution in [3.8, 4) is 17.0 Å². The normalized spacial score (nSPS) is 13.9. The average Bonchev–Trinajstić information content (AvgIpc) is 3.54. The number of aryl methyl sites for hydroxylation is 3. The van der Waals surface area contributed by atoms with E-state index in [1.807, 2.05) is 42.9 Å². The SMILES string of the molecule is Cc1cc(-c2ccnn2C)c2cccc(OCc3c(C)ccnc3CNC(=O)C3CCCC3)c2n1. The maximum absolute atomic E-state index is 12.5. The van der Waals surface area contributed by atoms with Crippen molar-refractivity contribution >= 4 is 16.8 Å². The lowest BCUT2D eigenvalue weighted by Gasteiger charge is -2.16. The summed E-state index contributed by atoms with van der Waals surface area (Å²) in [4.78, 5) is 21.9. The van der Waals surface area contributed by atoms with Crippen LogP contribution in [-0.4, -0.2) is 25.7 Å². The van der Waals surface area contributed by atoms with Crippen LogP contribution in [0, 0.1) is 19.8 Å². The van der Waals surface area contributed by atoms with E-state index in [0.29, 0.717) is 13.2 Å². The second-order valence-electron chi connectivity index (χ2n) is 9.34. The third-order valence-electron chi connectivity index (χ3n) is 6.93. The van der Waals surface area contributed by atoms with E-state index in [1.54, 1.807) is 12.4 Å². The Bertz CT molecular complexity index is 1370. The van der Waals surface area contributed by atoms with E-state index in [2.05, 4.69) is 34.5 Å². The molecule has 1 fully saturated rings. The molecule has 7 nitrogen and oxygen atoms in total. The molecule has 1 aromatic carbocycles. The predicted molar refractivity (Wildman–Crippen MR) is 136 cm³/mol. The summed E-state index contributed by atoms with van der Waals surface area (Å²) in [7, 11) is 1.94. The largest absolute Gasteiger partial charge is 0.487 e. The highest BCUT2D eigenvalue weighted by molar-refractivity contribution is 5.97. The van der Waals surface area contributed by atoms with Crippen molar-refractivity contribution < 1.29 is 9.53 Å². The van der Waals surface area contributed by atoms with Gasteiger partial charge in [-0.3, -0.25) is 14.5 Å². The van der Waals surface area contributed by atoms with Gasteiger partial charge in [0.15, 0.2) is 0 Å². The van der Waals surface area contributed by atoms with Crippen LogP contribution in [0.3, 0.4) is 0 Å². The van der Waals surface area contributed by atoms with Crippen LogP contribution in [0.5, 0.6) is 5.75 Å². The van der Waals surface area contributed by atoms with E-state index in [-0.39, 0.29) is 11.8 Å². The number of hydrogen-bond acceptors (Lipinski definition) is 5. The third-order valence-corrected chi connectivity index (χ3v) is 6.93. The molecule has 1 N–H and O–H groups in total. The van der Waals surface area contributed by atoms with Crippen molar-refractivity contribution in [1.29, 1.82) is 0 Å². The highest BCUT2D eigenvalue weighted by atomic mass is 16.5. The van der Waals surface area contributed by atoms with E-state index in [0.717, 1.165) is 76.1 Å². The fraction of sp³-hybridized carbons (Fsp3) is 0.357. The molecule has 5 rings (SSSR count). The molecule has 180 valence electrons. The second kappa shape index (κ2) is 9.86. The van der Waals surface area contributed by atoms with Gasteiger partial charge in [-0.1, -0.05) is 25.0 Å². The van der Waals surface area contributed by atoms with E-state index < -0.39 is 0 Å². The Kier molecular flexibility index (Phi) is 6.49. The standard InChI is InChI=1S/C28H31N5O2/c1-18-11-13-29-24(16-30-28(34)20-7-4-5-8-20)23(18)17-35-26-10-6-9-21-22(15-19(2)32-27(21)26)25-12-14-31-33(25)3/h6,9-15,20H,4-5,7-8,16-17H2,1-3H3,(H,30,34). The van der Waals surface area contributed by atoms with Crippen molar-refractivity contribution in [2.24, 2.45) is 13.0 Å². The first kappa shape index (κ1) is 23.0. The van der Waals surface area contributed by atoms with Gasteiger partial charge in [0.2, 0.25) is 5.91 Å². The summed E-state index contributed by atoms with van der Waals surface area (Å²) in [6, 6.07) is 12.1. The molecule has 4 aromatic rings. The number of fused-ring (bicyclic) bond motifs is 1. The number of benzene rings is 1. The number of para-hydroxylation sites is 1. The van der Waals surface area contributed by atoms with Crippen molar-refractivity contribution in [1.82, 2.24) is 25.1 Å². The molecule has 1 amide bonds. The molecule has 1 aliphatic rings. The lowest BCUT2D eigenvalue weighted by Crippen LogP contribution is -2.29. The third kappa shape index (κ3) is 4.76. The van der Waals surface area contributed by atoms with Gasteiger partial charge in [-0.25, -0.2) is 4.98 Å². The molecule has 35 heavy (non-hydrogen) atoms. The zero-order chi connectivity index (χ0) is 24.4. The van der Waals surface area contributed by atoms with E-state index in [4.69, 9.17) is 9.72 Å². The quantitative estimate of drug-likeness (QED) is 0.410. The zero-order valence-corrected chi connectivity index (χ0v) is 20.5. The number of carbonyl (C=O) groups excluding carboxylic acids is 1. The number of rotatable bonds is 7. The average molecular weight is 470 g/mol. The number of nitrogens with zero attached hydrogens (tertiary/aromatic N) is 4. The maximum atomic E-state index is 12.5. The molecule has 1 aliphatic carbocycles. The van der Waals surface area contributed by atoms with Gasteiger partial charge >= 0.3 is 0 Å². The number of hydrogen-bond donors (Lipinski definition) is 1. The fourth-order valence-corrected chi connectivity index (χ4v) is 4.96. The molecule has 1 saturated carbocycles. The Hall–Kier alpha value is -3.74. The molecular formula is C28H31N5O2. The van der Waals surface area contributed by atoms with Crippen LogP contribution in [0.25, 0.3) is 22.2 Å². The van der Waals surface area contributed by atoms with Gasteiger partial charge in [0.05, 0.1) is 17.9 Å². The van der Waals surface area contributed by atoms with Gasteiger partial charge in [-0.15, -0.1) is 0 Å². The van der Waals surface area contributed by atoms with Crippen molar-refractivity contribution in [2.75, 3.05) is 0 Å². The van der Waals surface area contributed by atoms with Crippen LogP contribution < -0.4 is 10.1 Å². The Morgan fingerprint density at radius 2 is 1.97 bits per heavy atom. The maximum Gasteiger partial charge on any atom is 0.223 e. The van der Waals surface area contributed by atoms with Gasteiger partial charge in [0.25, 0.3) is 0 Å². The summed E-state index contributed by atoms with van der Waals surface area (Å²) in [5.74, 6) is 0.992. The lowest BCUT2D eigenvalue weighted by atomic mass is 10.0. The molecule has 0 saturated heterocycles. The van der Waals surface area contributed by atoms with Gasteiger partial charge in [0.1, 0.15) is 17.9 Å². The summed E-state index contributed by atoms with van der Waals surface area (Å²) >= 11 is 0. The molecular weight excluding hydrogens is 438 g/mol. The highest BCUT2D eigenvalue weighted by Gasteiger charge is 2.23. The Morgan fingerprint density at radius 3 is 2.74 bits per heavy atom. The molecule has 0 bridgehead atoms. The molecule has 0 spiro atoms. The van der Waals surface area contributed by atoms with Crippen LogP contribution in [0.2, 0.25) is 0 Å². The van der Waals surface area contributed by atoms with E-state index in [9.17, 15) is 4.79 Å². The molecule has 7 heteroatoms. The van der Waals surface area contributed by atoms with E-state index in [1.165, 1.54) is 0 Å². The smallest absolute Gasteiger partial charge is 0.223 e. The molecule has 0 atom stereocenters. The first-order chi connectivity index (χ1) is 17.0. The van der Waals surface area contributed by atoms with Gasteiger partial charge in [0, 0.05) is 47.6 Å². The van der Waals surface area contributed by atoms with Crippen molar-refractivity contribution in [3.63, 3.8) is 0 Å². The number of ether oxygens (including phenoxy) is 1. The highest BCUT2D eigenvalue weighted by Crippen LogP contribution is 2.33. The number of carbonyl (C=O) groups is 1. The first-order valence-electron chi connectivity index (χ1n) is 12.2. The minimum absolute atomic E-state index is 0.133. The summed E-state index contributed by atoms with van der Waals surface area (Å²) in [5.41, 5.74) is 6.77. The fourth-order valence-electron chi connectivity index (χ4n) is 4.96. The molecule has 0 unspecified atom stereocenters. The van der Waals surface area contributed by atoms with Crippen LogP contribution in [0.4, 0.5) is 0 Å². The van der Waals surface area contributed by atoms with Gasteiger partial charge < -0.3 is 10.1 Å². The second-order valence-corrected chi connectivity index (χ2v) is 9.34. The Balaban J connectivity index is 1.40. The molecule has 0 radical (unpaired) electrons. The molecule has 0 aliphatic heterocycles. The predicted octanol–water partition coefficient (Wildman–Crippen LogP) is 5.03. The topological polar surface area (TPSA) is 81.9 Å². The van der Waals surface area contributed by atoms with E-state index >= 15 is 0 Å². The van der Waals surface area contributed by atoms with Crippen LogP contribution in [0.1, 0.15) is 48.2 Å². The van der Waals surface area contributed by atoms with Crippen LogP contribution >= 0.6 is 0 Å². The van der Waals surface area contributed by atoms with Crippen molar-refractivity contribution in [2.45, 2.75) is 52.7 Å². The molecule has 3 heterocycles. The van der Waals surface area contributed by atoms with Gasteiger partial charge in [-0.05, 0) is 56.5 Å². The number of pyridine rings is 2. The van der Waals surface area contributed by atoms with Crippen LogP contribution in [0.15, 0.2) is 48.8 Å². The zero-order valence-electron chi connectivity index (χ0n) is 20.5. The summed E-state index contributed by atoms with van der Waals surface area (Å²) in [6.07, 6.45) is 7.84. The minimum Gasteiger partial charge on any atom is -0.487 e. The Morgan fingerprint density at radius 1 is 1.14 bits per heavy atom. The summed E-state index contributed by atoms with van der Waals surface area (Å²) < 4.78 is 8.22. The monoisotopic (exact) mass is 469 g/mol. The summed E-state index contributed by atoms with van der Waals surface area (Å²) in [6.45, 7) is 4.80. The Labute approximate surface area is 205 Å². The number of aromatic nitrogens is 4. The van der Waals surface area contributed by atoms with Gasteiger partial charge in [-0.2, -0.15) is 5.10 Å². The van der Waals surface area contributed by atoms with Crippen molar-refractivity contribution in [3.05, 3.63) is 71.3 Å². The molecule has 3 aromatic heterocycles. The lowest BCUT2D eigenvalue weighted by molar-refractivity contribution is -0.125. The summed E-state index contributed by atoms with van der Waals surface area (Å²) in [5, 5.41) is 8.44.